The fourth-order valence-electron chi connectivity index (χ4n) is 1.18. The van der Waals surface area contributed by atoms with Crippen molar-refractivity contribution in [3.63, 3.8) is 0 Å². The van der Waals surface area contributed by atoms with Gasteiger partial charge in [0.2, 0.25) is 0 Å². The molecule has 2 heteroatoms. The van der Waals surface area contributed by atoms with Gasteiger partial charge in [0.05, 0.1) is 0 Å². The summed E-state index contributed by atoms with van der Waals surface area (Å²) < 4.78 is 0. The number of aliphatic hydroxyl groups is 1. The molecule has 1 aromatic rings. The molecule has 0 saturated carbocycles. The zero-order valence-electron chi connectivity index (χ0n) is 8.46. The lowest BCUT2D eigenvalue weighted by atomic mass is 9.87. The molecule has 0 radical (unpaired) electrons. The van der Waals surface area contributed by atoms with Gasteiger partial charge in [0.1, 0.15) is 6.73 Å². The fourth-order valence-corrected chi connectivity index (χ4v) is 1.18. The molecule has 1 rings (SSSR count). The van der Waals surface area contributed by atoms with E-state index >= 15 is 0 Å². The molecule has 2 N–H and O–H groups in total. The van der Waals surface area contributed by atoms with E-state index in [-0.39, 0.29) is 12.1 Å². The van der Waals surface area contributed by atoms with Crippen LogP contribution in [0.3, 0.4) is 0 Å². The quantitative estimate of drug-likeness (QED) is 0.683. The van der Waals surface area contributed by atoms with Crippen molar-refractivity contribution in [1.29, 1.82) is 0 Å². The molecule has 0 aliphatic heterocycles. The molecule has 0 amide bonds. The summed E-state index contributed by atoms with van der Waals surface area (Å²) in [5.41, 5.74) is 2.45. The van der Waals surface area contributed by atoms with Gasteiger partial charge in [0.15, 0.2) is 0 Å². The predicted octanol–water partition coefficient (Wildman–Crippen LogP) is 2.35. The molecular formula is C11H17NO. The molecule has 0 saturated heterocycles. The van der Waals surface area contributed by atoms with Crippen molar-refractivity contribution in [2.75, 3.05) is 12.0 Å². The van der Waals surface area contributed by atoms with E-state index < -0.39 is 0 Å². The third-order valence-electron chi connectivity index (χ3n) is 2.03. The number of hydrogen-bond donors (Lipinski definition) is 2. The van der Waals surface area contributed by atoms with E-state index in [9.17, 15) is 0 Å². The van der Waals surface area contributed by atoms with Crippen LogP contribution in [0.5, 0.6) is 0 Å². The van der Waals surface area contributed by atoms with Crippen LogP contribution in [0.25, 0.3) is 0 Å². The minimum atomic E-state index is -0.0190. The van der Waals surface area contributed by atoms with Crippen molar-refractivity contribution in [2.45, 2.75) is 26.2 Å². The summed E-state index contributed by atoms with van der Waals surface area (Å²) in [6, 6.07) is 8.13. The van der Waals surface area contributed by atoms with Crippen LogP contribution >= 0.6 is 0 Å². The molecule has 0 aromatic heterocycles. The van der Waals surface area contributed by atoms with Gasteiger partial charge in [-0.3, -0.25) is 0 Å². The summed E-state index contributed by atoms with van der Waals surface area (Å²) in [5.74, 6) is 0. The maximum Gasteiger partial charge on any atom is 0.113 e. The van der Waals surface area contributed by atoms with Crippen molar-refractivity contribution in [3.8, 4) is 0 Å². The highest BCUT2D eigenvalue weighted by Crippen LogP contribution is 2.23. The molecule has 13 heavy (non-hydrogen) atoms. The van der Waals surface area contributed by atoms with Crippen LogP contribution < -0.4 is 5.32 Å². The second kappa shape index (κ2) is 3.79. The molecule has 0 bridgehead atoms. The lowest BCUT2D eigenvalue weighted by Crippen LogP contribution is -2.10. The van der Waals surface area contributed by atoms with Gasteiger partial charge < -0.3 is 10.4 Å². The van der Waals surface area contributed by atoms with E-state index in [1.807, 2.05) is 12.1 Å². The number of aliphatic hydroxyl groups excluding tert-OH is 1. The average Bonchev–Trinajstić information content (AvgIpc) is 2.04. The molecule has 0 heterocycles. The van der Waals surface area contributed by atoms with Crippen molar-refractivity contribution in [1.82, 2.24) is 0 Å². The Bertz CT molecular complexity index is 258. The van der Waals surface area contributed by atoms with Gasteiger partial charge in [-0.1, -0.05) is 32.9 Å². The molecule has 0 aliphatic rings. The third-order valence-corrected chi connectivity index (χ3v) is 2.03. The summed E-state index contributed by atoms with van der Waals surface area (Å²) in [4.78, 5) is 0. The Morgan fingerprint density at radius 1 is 1.15 bits per heavy atom. The van der Waals surface area contributed by atoms with Crippen molar-refractivity contribution in [3.05, 3.63) is 29.8 Å². The number of hydrogen-bond acceptors (Lipinski definition) is 2. The van der Waals surface area contributed by atoms with Gasteiger partial charge in [0.25, 0.3) is 0 Å². The van der Waals surface area contributed by atoms with E-state index in [2.05, 4.69) is 38.2 Å². The Morgan fingerprint density at radius 2 is 1.69 bits per heavy atom. The van der Waals surface area contributed by atoms with Crippen LogP contribution in [0.2, 0.25) is 0 Å². The summed E-state index contributed by atoms with van der Waals surface area (Å²) in [5, 5.41) is 11.5. The first-order valence-corrected chi connectivity index (χ1v) is 4.49. The summed E-state index contributed by atoms with van der Waals surface area (Å²) >= 11 is 0. The van der Waals surface area contributed by atoms with E-state index in [4.69, 9.17) is 5.11 Å². The normalized spacial score (nSPS) is 11.4. The monoisotopic (exact) mass is 179 g/mol. The van der Waals surface area contributed by atoms with E-state index in [0.29, 0.717) is 0 Å². The predicted molar refractivity (Wildman–Crippen MR) is 55.9 cm³/mol. The second-order valence-corrected chi connectivity index (χ2v) is 4.16. The standard InChI is InChI=1S/C11H17NO/c1-11(2,3)9-4-6-10(7-5-9)12-8-13/h4-7,12-13H,8H2,1-3H3. The van der Waals surface area contributed by atoms with Gasteiger partial charge in [-0.05, 0) is 23.1 Å². The Morgan fingerprint density at radius 3 is 2.08 bits per heavy atom. The van der Waals surface area contributed by atoms with Crippen LogP contribution in [0.4, 0.5) is 5.69 Å². The van der Waals surface area contributed by atoms with Crippen LogP contribution in [0.15, 0.2) is 24.3 Å². The highest BCUT2D eigenvalue weighted by Gasteiger charge is 2.12. The van der Waals surface area contributed by atoms with Crippen molar-refractivity contribution < 1.29 is 5.11 Å². The highest BCUT2D eigenvalue weighted by atomic mass is 16.3. The fraction of sp³-hybridized carbons (Fsp3) is 0.455. The van der Waals surface area contributed by atoms with Crippen molar-refractivity contribution in [2.24, 2.45) is 0 Å². The van der Waals surface area contributed by atoms with Crippen LogP contribution in [-0.4, -0.2) is 11.8 Å². The van der Waals surface area contributed by atoms with Gasteiger partial charge in [0, 0.05) is 5.69 Å². The molecule has 0 unspecified atom stereocenters. The summed E-state index contributed by atoms with van der Waals surface area (Å²) in [6.45, 7) is 6.53. The molecule has 1 aromatic carbocycles. The first kappa shape index (κ1) is 10.1. The molecule has 72 valence electrons. The van der Waals surface area contributed by atoms with Crippen LogP contribution in [0, 0.1) is 0 Å². The van der Waals surface area contributed by atoms with E-state index in [0.717, 1.165) is 5.69 Å². The second-order valence-electron chi connectivity index (χ2n) is 4.16. The molecule has 0 aliphatic carbocycles. The smallest absolute Gasteiger partial charge is 0.113 e. The number of nitrogens with one attached hydrogen (secondary N) is 1. The Kier molecular flexibility index (Phi) is 2.94. The SMILES string of the molecule is CC(C)(C)c1ccc(NCO)cc1. The first-order chi connectivity index (χ1) is 6.04. The molecular weight excluding hydrogens is 162 g/mol. The average molecular weight is 179 g/mol. The summed E-state index contributed by atoms with van der Waals surface area (Å²) in [6.07, 6.45) is 0. The van der Waals surface area contributed by atoms with E-state index in [1.165, 1.54) is 5.56 Å². The van der Waals surface area contributed by atoms with Crippen molar-refractivity contribution >= 4 is 5.69 Å². The Balaban J connectivity index is 2.81. The topological polar surface area (TPSA) is 32.3 Å². The van der Waals surface area contributed by atoms with Gasteiger partial charge >= 0.3 is 0 Å². The van der Waals surface area contributed by atoms with E-state index in [1.54, 1.807) is 0 Å². The number of rotatable bonds is 2. The molecule has 2 nitrogen and oxygen atoms in total. The molecule has 0 spiro atoms. The van der Waals surface area contributed by atoms with Crippen LogP contribution in [-0.2, 0) is 5.41 Å². The highest BCUT2D eigenvalue weighted by molar-refractivity contribution is 5.45. The maximum atomic E-state index is 8.64. The third kappa shape index (κ3) is 2.74. The Hall–Kier alpha value is -1.02. The lowest BCUT2D eigenvalue weighted by molar-refractivity contribution is 0.325. The zero-order valence-corrected chi connectivity index (χ0v) is 8.46. The van der Waals surface area contributed by atoms with Gasteiger partial charge in [-0.15, -0.1) is 0 Å². The van der Waals surface area contributed by atoms with Gasteiger partial charge in [-0.25, -0.2) is 0 Å². The number of benzene rings is 1. The lowest BCUT2D eigenvalue weighted by Gasteiger charge is -2.19. The van der Waals surface area contributed by atoms with Crippen LogP contribution in [0.1, 0.15) is 26.3 Å². The largest absolute Gasteiger partial charge is 0.377 e. The minimum absolute atomic E-state index is 0.0190. The zero-order chi connectivity index (χ0) is 9.90. The molecule has 0 fully saturated rings. The van der Waals surface area contributed by atoms with Gasteiger partial charge in [-0.2, -0.15) is 0 Å². The maximum absolute atomic E-state index is 8.64. The molecule has 0 atom stereocenters. The summed E-state index contributed by atoms with van der Waals surface area (Å²) in [7, 11) is 0. The first-order valence-electron chi connectivity index (χ1n) is 4.49. The minimum Gasteiger partial charge on any atom is -0.377 e. The number of anilines is 1. The Labute approximate surface area is 79.6 Å².